The van der Waals surface area contributed by atoms with Gasteiger partial charge < -0.3 is 5.32 Å². The van der Waals surface area contributed by atoms with Crippen LogP contribution in [0.4, 0.5) is 11.4 Å². The summed E-state index contributed by atoms with van der Waals surface area (Å²) in [5.41, 5.74) is 1.02. The number of benzene rings is 2. The summed E-state index contributed by atoms with van der Waals surface area (Å²) >= 11 is 5.77. The maximum Gasteiger partial charge on any atom is 0.294 e. The number of amides is 1. The third kappa shape index (κ3) is 5.04. The van der Waals surface area contributed by atoms with Crippen molar-refractivity contribution in [3.05, 3.63) is 69.2 Å². The molecule has 0 unspecified atom stereocenters. The Morgan fingerprint density at radius 1 is 1.25 bits per heavy atom. The third-order valence-electron chi connectivity index (χ3n) is 3.49. The zero-order valence-electron chi connectivity index (χ0n) is 13.2. The fourth-order valence-electron chi connectivity index (χ4n) is 2.28. The van der Waals surface area contributed by atoms with E-state index in [2.05, 4.69) is 5.32 Å². The van der Waals surface area contributed by atoms with E-state index in [0.717, 1.165) is 5.56 Å². The average Bonchev–Trinajstić information content (AvgIpc) is 2.56. The van der Waals surface area contributed by atoms with Crippen molar-refractivity contribution in [3.8, 4) is 0 Å². The molecule has 0 heterocycles. The zero-order chi connectivity index (χ0) is 17.5. The van der Waals surface area contributed by atoms with Gasteiger partial charge in [-0.15, -0.1) is 0 Å². The Hall–Kier alpha value is -2.44. The summed E-state index contributed by atoms with van der Waals surface area (Å²) in [6.45, 7) is 3.42. The maximum absolute atomic E-state index is 12.2. The number of nitrogens with zero attached hydrogens (tertiary/aromatic N) is 2. The smallest absolute Gasteiger partial charge is 0.294 e. The minimum Gasteiger partial charge on any atom is -0.319 e. The van der Waals surface area contributed by atoms with Crippen LogP contribution in [0.3, 0.4) is 0 Å². The molecule has 0 bridgehead atoms. The molecule has 1 amide bonds. The van der Waals surface area contributed by atoms with E-state index in [-0.39, 0.29) is 28.8 Å². The predicted molar refractivity (Wildman–Crippen MR) is 94.1 cm³/mol. The number of halogens is 1. The number of carbonyl (C=O) groups is 1. The largest absolute Gasteiger partial charge is 0.319 e. The normalized spacial score (nSPS) is 10.6. The molecule has 0 fully saturated rings. The van der Waals surface area contributed by atoms with Crippen LogP contribution in [-0.4, -0.2) is 28.8 Å². The van der Waals surface area contributed by atoms with Crippen LogP contribution in [0.15, 0.2) is 48.5 Å². The van der Waals surface area contributed by atoms with Crippen LogP contribution >= 0.6 is 11.6 Å². The molecule has 2 aromatic rings. The highest BCUT2D eigenvalue weighted by Crippen LogP contribution is 2.27. The quantitative estimate of drug-likeness (QED) is 0.612. The van der Waals surface area contributed by atoms with Gasteiger partial charge in [-0.2, -0.15) is 0 Å². The van der Waals surface area contributed by atoms with Crippen LogP contribution in [-0.2, 0) is 11.3 Å². The Bertz CT molecular complexity index is 722. The molecular weight excluding hydrogens is 330 g/mol. The van der Waals surface area contributed by atoms with Gasteiger partial charge in [-0.25, -0.2) is 0 Å². The summed E-state index contributed by atoms with van der Waals surface area (Å²) in [4.78, 5) is 24.7. The summed E-state index contributed by atoms with van der Waals surface area (Å²) in [7, 11) is 0. The first-order chi connectivity index (χ1) is 11.5. The van der Waals surface area contributed by atoms with Gasteiger partial charge in [0.2, 0.25) is 5.91 Å². The number of carbonyl (C=O) groups excluding carboxylic acids is 1. The topological polar surface area (TPSA) is 75.5 Å². The van der Waals surface area contributed by atoms with Gasteiger partial charge in [0, 0.05) is 17.6 Å². The molecule has 2 aromatic carbocycles. The zero-order valence-corrected chi connectivity index (χ0v) is 14.0. The predicted octanol–water partition coefficient (Wildman–Crippen LogP) is 3.71. The molecule has 7 heteroatoms. The van der Waals surface area contributed by atoms with E-state index in [9.17, 15) is 14.9 Å². The van der Waals surface area contributed by atoms with Crippen LogP contribution < -0.4 is 5.32 Å². The molecule has 6 nitrogen and oxygen atoms in total. The van der Waals surface area contributed by atoms with E-state index in [1.807, 2.05) is 42.2 Å². The number of anilines is 1. The lowest BCUT2D eigenvalue weighted by Gasteiger charge is -2.20. The lowest BCUT2D eigenvalue weighted by Crippen LogP contribution is -2.32. The van der Waals surface area contributed by atoms with E-state index in [0.29, 0.717) is 13.1 Å². The number of nitro groups is 1. The molecule has 0 saturated carbocycles. The third-order valence-corrected chi connectivity index (χ3v) is 3.73. The SMILES string of the molecule is CCN(CC(=O)Nc1ccc(Cl)cc1[N+](=O)[O-])Cc1ccccc1. The fourth-order valence-corrected chi connectivity index (χ4v) is 2.44. The van der Waals surface area contributed by atoms with E-state index >= 15 is 0 Å². The molecule has 0 aliphatic carbocycles. The van der Waals surface area contributed by atoms with Crippen molar-refractivity contribution in [1.82, 2.24) is 4.90 Å². The van der Waals surface area contributed by atoms with Crippen molar-refractivity contribution in [2.45, 2.75) is 13.5 Å². The first kappa shape index (κ1) is 17.9. The number of nitro benzene ring substituents is 1. The average molecular weight is 348 g/mol. The number of likely N-dealkylation sites (N-methyl/N-ethyl adjacent to an activating group) is 1. The maximum atomic E-state index is 12.2. The Kier molecular flexibility index (Phi) is 6.28. The van der Waals surface area contributed by atoms with Crippen molar-refractivity contribution in [2.24, 2.45) is 0 Å². The van der Waals surface area contributed by atoms with Gasteiger partial charge in [-0.1, -0.05) is 48.9 Å². The van der Waals surface area contributed by atoms with Crippen LogP contribution in [0.1, 0.15) is 12.5 Å². The number of hydrogen-bond acceptors (Lipinski definition) is 4. The summed E-state index contributed by atoms with van der Waals surface area (Å²) in [5.74, 6) is -0.307. The van der Waals surface area contributed by atoms with Crippen molar-refractivity contribution in [3.63, 3.8) is 0 Å². The molecule has 1 N–H and O–H groups in total. The second-order valence-electron chi connectivity index (χ2n) is 5.26. The van der Waals surface area contributed by atoms with E-state index in [4.69, 9.17) is 11.6 Å². The van der Waals surface area contributed by atoms with Crippen LogP contribution in [0.5, 0.6) is 0 Å². The lowest BCUT2D eigenvalue weighted by atomic mass is 10.2. The first-order valence-corrected chi connectivity index (χ1v) is 7.87. The highest BCUT2D eigenvalue weighted by molar-refractivity contribution is 6.31. The molecule has 2 rings (SSSR count). The second-order valence-corrected chi connectivity index (χ2v) is 5.69. The molecule has 0 radical (unpaired) electrons. The van der Waals surface area contributed by atoms with Gasteiger partial charge >= 0.3 is 0 Å². The molecule has 0 aromatic heterocycles. The summed E-state index contributed by atoms with van der Waals surface area (Å²) < 4.78 is 0. The molecule has 0 spiro atoms. The summed E-state index contributed by atoms with van der Waals surface area (Å²) in [5, 5.41) is 13.9. The van der Waals surface area contributed by atoms with Gasteiger partial charge in [0.25, 0.3) is 5.69 Å². The van der Waals surface area contributed by atoms with E-state index in [1.165, 1.54) is 18.2 Å². The molecule has 0 atom stereocenters. The number of hydrogen-bond donors (Lipinski definition) is 1. The van der Waals surface area contributed by atoms with Crippen molar-refractivity contribution in [2.75, 3.05) is 18.4 Å². The first-order valence-electron chi connectivity index (χ1n) is 7.49. The van der Waals surface area contributed by atoms with Gasteiger partial charge in [-0.05, 0) is 24.2 Å². The van der Waals surface area contributed by atoms with Gasteiger partial charge in [0.15, 0.2) is 0 Å². The highest BCUT2D eigenvalue weighted by atomic mass is 35.5. The van der Waals surface area contributed by atoms with E-state index in [1.54, 1.807) is 0 Å². The molecule has 0 saturated heterocycles. The standard InChI is InChI=1S/C17H18ClN3O3/c1-2-20(11-13-6-4-3-5-7-13)12-17(22)19-15-9-8-14(18)10-16(15)21(23)24/h3-10H,2,11-12H2,1H3,(H,19,22). The Balaban J connectivity index is 2.03. The monoisotopic (exact) mass is 347 g/mol. The summed E-state index contributed by atoms with van der Waals surface area (Å²) in [6, 6.07) is 14.0. The van der Waals surface area contributed by atoms with Crippen LogP contribution in [0, 0.1) is 10.1 Å². The Labute approximate surface area is 145 Å². The number of rotatable bonds is 7. The van der Waals surface area contributed by atoms with Gasteiger partial charge in [-0.3, -0.25) is 19.8 Å². The molecular formula is C17H18ClN3O3. The van der Waals surface area contributed by atoms with E-state index < -0.39 is 4.92 Å². The van der Waals surface area contributed by atoms with Crippen molar-refractivity contribution >= 4 is 28.9 Å². The van der Waals surface area contributed by atoms with Gasteiger partial charge in [0.1, 0.15) is 5.69 Å². The fraction of sp³-hybridized carbons (Fsp3) is 0.235. The van der Waals surface area contributed by atoms with Crippen LogP contribution in [0.2, 0.25) is 5.02 Å². The van der Waals surface area contributed by atoms with Gasteiger partial charge in [0.05, 0.1) is 11.5 Å². The van der Waals surface area contributed by atoms with Crippen molar-refractivity contribution in [1.29, 1.82) is 0 Å². The number of nitrogens with one attached hydrogen (secondary N) is 1. The Morgan fingerprint density at radius 2 is 1.96 bits per heavy atom. The molecule has 0 aliphatic heterocycles. The molecule has 0 aliphatic rings. The lowest BCUT2D eigenvalue weighted by molar-refractivity contribution is -0.383. The van der Waals surface area contributed by atoms with Crippen LogP contribution in [0.25, 0.3) is 0 Å². The molecule has 126 valence electrons. The second kappa shape index (κ2) is 8.42. The minimum absolute atomic E-state index is 0.144. The highest BCUT2D eigenvalue weighted by Gasteiger charge is 2.17. The molecule has 24 heavy (non-hydrogen) atoms. The minimum atomic E-state index is -0.566. The summed E-state index contributed by atoms with van der Waals surface area (Å²) in [6.07, 6.45) is 0. The Morgan fingerprint density at radius 3 is 2.58 bits per heavy atom. The van der Waals surface area contributed by atoms with Crippen molar-refractivity contribution < 1.29 is 9.72 Å².